The van der Waals surface area contributed by atoms with Crippen LogP contribution in [0, 0.1) is 5.92 Å². The van der Waals surface area contributed by atoms with Crippen molar-refractivity contribution in [1.82, 2.24) is 10.6 Å². The highest BCUT2D eigenvalue weighted by molar-refractivity contribution is 5.86. The fourth-order valence-electron chi connectivity index (χ4n) is 3.44. The van der Waals surface area contributed by atoms with Gasteiger partial charge < -0.3 is 10.6 Å². The maximum absolute atomic E-state index is 12.3. The standard InChI is InChI=1S/C15H28N2O/c1-3-5-12-6-8-13(9-7-12)17-14(18)15(2)10-4-11-16-15/h12-13,16H,3-11H2,1-2H3,(H,17,18). The Bertz CT molecular complexity index is 276. The van der Waals surface area contributed by atoms with Gasteiger partial charge in [-0.25, -0.2) is 0 Å². The van der Waals surface area contributed by atoms with E-state index in [9.17, 15) is 4.79 Å². The summed E-state index contributed by atoms with van der Waals surface area (Å²) in [6.45, 7) is 5.28. The van der Waals surface area contributed by atoms with Gasteiger partial charge in [-0.05, 0) is 57.9 Å². The average molecular weight is 252 g/mol. The molecule has 1 saturated heterocycles. The van der Waals surface area contributed by atoms with Crippen LogP contribution in [0.4, 0.5) is 0 Å². The molecule has 0 radical (unpaired) electrons. The van der Waals surface area contributed by atoms with E-state index in [1.807, 2.05) is 6.92 Å². The summed E-state index contributed by atoms with van der Waals surface area (Å²) in [6, 6.07) is 0.421. The van der Waals surface area contributed by atoms with Gasteiger partial charge in [0.1, 0.15) is 0 Å². The topological polar surface area (TPSA) is 41.1 Å². The minimum atomic E-state index is -0.305. The normalized spacial score (nSPS) is 36.6. The van der Waals surface area contributed by atoms with Crippen molar-refractivity contribution in [2.24, 2.45) is 5.92 Å². The summed E-state index contributed by atoms with van der Waals surface area (Å²) in [4.78, 5) is 12.3. The Balaban J connectivity index is 1.76. The molecule has 1 atom stereocenters. The van der Waals surface area contributed by atoms with Crippen molar-refractivity contribution < 1.29 is 4.79 Å². The summed E-state index contributed by atoms with van der Waals surface area (Å²) >= 11 is 0. The summed E-state index contributed by atoms with van der Waals surface area (Å²) in [5.41, 5.74) is -0.305. The van der Waals surface area contributed by atoms with E-state index >= 15 is 0 Å². The van der Waals surface area contributed by atoms with Crippen LogP contribution >= 0.6 is 0 Å². The molecule has 1 aliphatic heterocycles. The van der Waals surface area contributed by atoms with Crippen LogP contribution in [0.2, 0.25) is 0 Å². The lowest BCUT2D eigenvalue weighted by Gasteiger charge is -2.32. The monoisotopic (exact) mass is 252 g/mol. The van der Waals surface area contributed by atoms with Crippen molar-refractivity contribution in [3.05, 3.63) is 0 Å². The van der Waals surface area contributed by atoms with Crippen LogP contribution in [0.15, 0.2) is 0 Å². The van der Waals surface area contributed by atoms with Crippen molar-refractivity contribution >= 4 is 5.91 Å². The van der Waals surface area contributed by atoms with E-state index in [4.69, 9.17) is 0 Å². The van der Waals surface area contributed by atoms with Crippen LogP contribution in [0.3, 0.4) is 0 Å². The van der Waals surface area contributed by atoms with E-state index in [-0.39, 0.29) is 11.4 Å². The van der Waals surface area contributed by atoms with Gasteiger partial charge in [0.05, 0.1) is 5.54 Å². The Labute approximate surface area is 111 Å². The summed E-state index contributed by atoms with van der Waals surface area (Å²) in [6.07, 6.45) is 9.69. The third kappa shape index (κ3) is 3.25. The molecule has 2 N–H and O–H groups in total. The van der Waals surface area contributed by atoms with Gasteiger partial charge in [0.25, 0.3) is 0 Å². The van der Waals surface area contributed by atoms with Crippen molar-refractivity contribution in [3.8, 4) is 0 Å². The predicted octanol–water partition coefficient (Wildman–Crippen LogP) is 2.60. The third-order valence-corrected chi connectivity index (χ3v) is 4.75. The molecule has 1 aliphatic carbocycles. The molecule has 18 heavy (non-hydrogen) atoms. The van der Waals surface area contributed by atoms with Crippen LogP contribution < -0.4 is 10.6 Å². The van der Waals surface area contributed by atoms with E-state index < -0.39 is 0 Å². The molecule has 1 unspecified atom stereocenters. The lowest BCUT2D eigenvalue weighted by molar-refractivity contribution is -0.127. The van der Waals surface area contributed by atoms with Gasteiger partial charge in [-0.1, -0.05) is 19.8 Å². The zero-order valence-electron chi connectivity index (χ0n) is 11.9. The van der Waals surface area contributed by atoms with Crippen molar-refractivity contribution in [2.75, 3.05) is 6.54 Å². The molecule has 104 valence electrons. The smallest absolute Gasteiger partial charge is 0.240 e. The SMILES string of the molecule is CCCC1CCC(NC(=O)C2(C)CCCN2)CC1. The Morgan fingerprint density at radius 3 is 2.61 bits per heavy atom. The molecule has 0 bridgehead atoms. The lowest BCUT2D eigenvalue weighted by Crippen LogP contribution is -2.54. The molecule has 2 rings (SSSR count). The minimum Gasteiger partial charge on any atom is -0.352 e. The quantitative estimate of drug-likeness (QED) is 0.807. The van der Waals surface area contributed by atoms with Crippen LogP contribution in [0.1, 0.15) is 65.2 Å². The van der Waals surface area contributed by atoms with Crippen molar-refractivity contribution in [2.45, 2.75) is 76.8 Å². The molecule has 2 aliphatic rings. The van der Waals surface area contributed by atoms with E-state index in [1.54, 1.807) is 0 Å². The lowest BCUT2D eigenvalue weighted by atomic mass is 9.83. The summed E-state index contributed by atoms with van der Waals surface area (Å²) in [5, 5.41) is 6.60. The first-order chi connectivity index (χ1) is 8.64. The van der Waals surface area contributed by atoms with Gasteiger partial charge in [0.2, 0.25) is 5.91 Å². The molecule has 3 nitrogen and oxygen atoms in total. The van der Waals surface area contributed by atoms with Gasteiger partial charge in [0.15, 0.2) is 0 Å². The van der Waals surface area contributed by atoms with E-state index in [2.05, 4.69) is 17.6 Å². The second-order valence-electron chi connectivity index (χ2n) is 6.34. The highest BCUT2D eigenvalue weighted by atomic mass is 16.2. The molecule has 0 aromatic carbocycles. The highest BCUT2D eigenvalue weighted by Gasteiger charge is 2.37. The second-order valence-corrected chi connectivity index (χ2v) is 6.34. The Morgan fingerprint density at radius 2 is 2.06 bits per heavy atom. The second kappa shape index (κ2) is 6.05. The maximum Gasteiger partial charge on any atom is 0.240 e. The summed E-state index contributed by atoms with van der Waals surface area (Å²) < 4.78 is 0. The van der Waals surface area contributed by atoms with Crippen LogP contribution in [-0.2, 0) is 4.79 Å². The first-order valence-electron chi connectivity index (χ1n) is 7.70. The highest BCUT2D eigenvalue weighted by Crippen LogP contribution is 2.28. The molecule has 3 heteroatoms. The summed E-state index contributed by atoms with van der Waals surface area (Å²) in [5.74, 6) is 1.13. The number of carbonyl (C=O) groups is 1. The van der Waals surface area contributed by atoms with Gasteiger partial charge in [-0.15, -0.1) is 0 Å². The molecule has 1 saturated carbocycles. The molecule has 0 aromatic rings. The van der Waals surface area contributed by atoms with Crippen LogP contribution in [0.25, 0.3) is 0 Å². The summed E-state index contributed by atoms with van der Waals surface area (Å²) in [7, 11) is 0. The fourth-order valence-corrected chi connectivity index (χ4v) is 3.44. The molecular formula is C15H28N2O. The molecule has 1 heterocycles. The number of rotatable bonds is 4. The maximum atomic E-state index is 12.3. The van der Waals surface area contributed by atoms with Crippen molar-refractivity contribution in [1.29, 1.82) is 0 Å². The number of amides is 1. The predicted molar refractivity (Wildman–Crippen MR) is 74.4 cm³/mol. The Morgan fingerprint density at radius 1 is 1.33 bits per heavy atom. The van der Waals surface area contributed by atoms with Crippen molar-refractivity contribution in [3.63, 3.8) is 0 Å². The first kappa shape index (κ1) is 13.9. The van der Waals surface area contributed by atoms with E-state index in [1.165, 1.54) is 38.5 Å². The zero-order chi connectivity index (χ0) is 13.0. The minimum absolute atomic E-state index is 0.221. The first-order valence-corrected chi connectivity index (χ1v) is 7.70. The molecule has 1 amide bonds. The Hall–Kier alpha value is -0.570. The van der Waals surface area contributed by atoms with Crippen LogP contribution in [0.5, 0.6) is 0 Å². The number of hydrogen-bond acceptors (Lipinski definition) is 2. The fraction of sp³-hybridized carbons (Fsp3) is 0.933. The Kier molecular flexibility index (Phi) is 4.66. The van der Waals surface area contributed by atoms with Gasteiger partial charge in [-0.2, -0.15) is 0 Å². The zero-order valence-corrected chi connectivity index (χ0v) is 11.9. The molecule has 0 aromatic heterocycles. The molecule has 0 spiro atoms. The van der Waals surface area contributed by atoms with Gasteiger partial charge >= 0.3 is 0 Å². The molecule has 2 fully saturated rings. The molecular weight excluding hydrogens is 224 g/mol. The van der Waals surface area contributed by atoms with Gasteiger partial charge in [-0.3, -0.25) is 4.79 Å². The number of hydrogen-bond donors (Lipinski definition) is 2. The van der Waals surface area contributed by atoms with Crippen LogP contribution in [-0.4, -0.2) is 24.0 Å². The van der Waals surface area contributed by atoms with E-state index in [0.29, 0.717) is 6.04 Å². The number of nitrogens with one attached hydrogen (secondary N) is 2. The largest absolute Gasteiger partial charge is 0.352 e. The number of carbonyl (C=O) groups excluding carboxylic acids is 1. The average Bonchev–Trinajstić information content (AvgIpc) is 2.80. The third-order valence-electron chi connectivity index (χ3n) is 4.75. The van der Waals surface area contributed by atoms with E-state index in [0.717, 1.165) is 25.3 Å². The van der Waals surface area contributed by atoms with Gasteiger partial charge in [0, 0.05) is 6.04 Å².